The van der Waals surface area contributed by atoms with Gasteiger partial charge >= 0.3 is 12.0 Å². The quantitative estimate of drug-likeness (QED) is 0.275. The van der Waals surface area contributed by atoms with Crippen LogP contribution in [0.3, 0.4) is 0 Å². The lowest BCUT2D eigenvalue weighted by atomic mass is 9.96. The number of carbonyl (C=O) groups excluding carboxylic acids is 4. The first kappa shape index (κ1) is 26.5. The van der Waals surface area contributed by atoms with E-state index < -0.39 is 46.7 Å². The normalized spacial score (nSPS) is 23.8. The van der Waals surface area contributed by atoms with Crippen LogP contribution in [0.25, 0.3) is 0 Å². The summed E-state index contributed by atoms with van der Waals surface area (Å²) in [7, 11) is 0. The Hall–Kier alpha value is -3.58. The van der Waals surface area contributed by atoms with Gasteiger partial charge < -0.3 is 31.7 Å². The van der Waals surface area contributed by atoms with Crippen molar-refractivity contribution in [2.45, 2.75) is 48.0 Å². The van der Waals surface area contributed by atoms with Gasteiger partial charge in [0.2, 0.25) is 17.7 Å². The molecule has 2 saturated heterocycles. The van der Waals surface area contributed by atoms with Gasteiger partial charge in [-0.3, -0.25) is 14.4 Å². The smallest absolute Gasteiger partial charge is 0.327 e. The molecule has 1 aromatic heterocycles. The van der Waals surface area contributed by atoms with Crippen LogP contribution < -0.4 is 21.7 Å². The number of thioether (sulfide) groups is 1. The third-order valence-electron chi connectivity index (χ3n) is 6.36. The van der Waals surface area contributed by atoms with Gasteiger partial charge in [-0.1, -0.05) is 36.4 Å². The topological polar surface area (TPSA) is 171 Å². The number of fused-ring (bicyclic) bond motifs is 1. The summed E-state index contributed by atoms with van der Waals surface area (Å²) in [6.07, 6.45) is 0.453. The maximum Gasteiger partial charge on any atom is 0.327 e. The summed E-state index contributed by atoms with van der Waals surface area (Å²) in [5, 5.41) is 19.3. The predicted octanol–water partition coefficient (Wildman–Crippen LogP) is 0.818. The number of carboxylic acids is 1. The lowest BCUT2D eigenvalue weighted by Crippen LogP contribution is -2.59. The highest BCUT2D eigenvalue weighted by atomic mass is 32.2. The molecule has 0 spiro atoms. The number of carbonyl (C=O) groups is 5. The standard InChI is InChI=1S/C24H27N5O6S2/c1-24(19(22(33)34)29-16(30)11-17(29)37-24)12-26-21(32)18(13-6-3-2-4-7-13)28-20(31)15(27-23(25)35)10-14-8-5-9-36-14/h2-9,15,17-19H,10-12H2,1H3,(H,26,32)(H,28,31)(H,33,34)(H3,25,27,35)/t15?,17-,18-,19+,24?/m1/s1. The van der Waals surface area contributed by atoms with Crippen LogP contribution in [0, 0.1) is 0 Å². The molecule has 37 heavy (non-hydrogen) atoms. The summed E-state index contributed by atoms with van der Waals surface area (Å²) >= 11 is 2.76. The SMILES string of the molecule is CC1(CNC(=O)[C@H](NC(=O)C(Cc2cccs2)NC(N)=O)c2ccccc2)S[C@@H]2CC(=O)N2[C@H]1C(=O)O. The van der Waals surface area contributed by atoms with Crippen molar-refractivity contribution in [3.05, 3.63) is 58.3 Å². The van der Waals surface area contributed by atoms with Crippen LogP contribution in [0.4, 0.5) is 4.79 Å². The number of benzene rings is 1. The lowest BCUT2D eigenvalue weighted by molar-refractivity contribution is -0.157. The number of β-lactam (4-membered cyclic amide) rings is 1. The molecule has 3 heterocycles. The van der Waals surface area contributed by atoms with Crippen LogP contribution in [-0.2, 0) is 25.6 Å². The fourth-order valence-electron chi connectivity index (χ4n) is 4.56. The molecule has 6 N–H and O–H groups in total. The van der Waals surface area contributed by atoms with Gasteiger partial charge in [0.05, 0.1) is 16.5 Å². The first-order chi connectivity index (χ1) is 17.6. The van der Waals surface area contributed by atoms with Gasteiger partial charge in [-0.15, -0.1) is 23.1 Å². The average Bonchev–Trinajstić information content (AvgIpc) is 3.44. The molecule has 0 radical (unpaired) electrons. The molecular weight excluding hydrogens is 518 g/mol. The molecule has 2 unspecified atom stereocenters. The third kappa shape index (κ3) is 5.72. The van der Waals surface area contributed by atoms with Gasteiger partial charge in [0.15, 0.2) is 0 Å². The van der Waals surface area contributed by atoms with Gasteiger partial charge in [0, 0.05) is 17.8 Å². The Morgan fingerprint density at radius 1 is 1.14 bits per heavy atom. The number of nitrogens with two attached hydrogens (primary N) is 1. The fourth-order valence-corrected chi connectivity index (χ4v) is 7.01. The second-order valence-electron chi connectivity index (χ2n) is 9.05. The van der Waals surface area contributed by atoms with Crippen LogP contribution in [0.2, 0.25) is 0 Å². The molecule has 196 valence electrons. The molecule has 0 aliphatic carbocycles. The van der Waals surface area contributed by atoms with Gasteiger partial charge in [0.1, 0.15) is 18.1 Å². The molecule has 2 aliphatic heterocycles. The second-order valence-corrected chi connectivity index (χ2v) is 11.8. The van der Waals surface area contributed by atoms with Crippen molar-refractivity contribution in [1.29, 1.82) is 0 Å². The second kappa shape index (κ2) is 10.8. The summed E-state index contributed by atoms with van der Waals surface area (Å²) < 4.78 is -0.960. The van der Waals surface area contributed by atoms with Crippen LogP contribution in [-0.4, -0.2) is 68.5 Å². The number of hydrogen-bond donors (Lipinski definition) is 5. The van der Waals surface area contributed by atoms with E-state index in [1.165, 1.54) is 28.0 Å². The van der Waals surface area contributed by atoms with Gasteiger partial charge in [0.25, 0.3) is 0 Å². The number of amides is 5. The van der Waals surface area contributed by atoms with Crippen molar-refractivity contribution in [1.82, 2.24) is 20.9 Å². The van der Waals surface area contributed by atoms with E-state index in [1.807, 2.05) is 17.5 Å². The molecule has 2 aliphatic rings. The Bertz CT molecular complexity index is 1190. The monoisotopic (exact) mass is 545 g/mol. The molecule has 11 nitrogen and oxygen atoms in total. The molecule has 5 atom stereocenters. The number of nitrogens with zero attached hydrogens (tertiary/aromatic N) is 1. The zero-order valence-corrected chi connectivity index (χ0v) is 21.5. The first-order valence-corrected chi connectivity index (χ1v) is 13.3. The summed E-state index contributed by atoms with van der Waals surface area (Å²) in [5.41, 5.74) is 5.78. The molecule has 0 bridgehead atoms. The van der Waals surface area contributed by atoms with Crippen molar-refractivity contribution in [2.24, 2.45) is 5.73 Å². The lowest BCUT2D eigenvalue weighted by Gasteiger charge is -2.37. The van der Waals surface area contributed by atoms with E-state index in [4.69, 9.17) is 5.73 Å². The Morgan fingerprint density at radius 2 is 1.86 bits per heavy atom. The fraction of sp³-hybridized carbons (Fsp3) is 0.375. The van der Waals surface area contributed by atoms with Crippen molar-refractivity contribution >= 4 is 52.8 Å². The zero-order valence-electron chi connectivity index (χ0n) is 19.9. The number of urea groups is 1. The Labute approximate surface area is 221 Å². The van der Waals surface area contributed by atoms with Crippen LogP contribution in [0.15, 0.2) is 47.8 Å². The van der Waals surface area contributed by atoms with E-state index in [0.717, 1.165) is 4.88 Å². The molecule has 2 aromatic rings. The van der Waals surface area contributed by atoms with Gasteiger partial charge in [-0.25, -0.2) is 9.59 Å². The van der Waals surface area contributed by atoms with Crippen LogP contribution in [0.1, 0.15) is 29.8 Å². The van der Waals surface area contributed by atoms with E-state index >= 15 is 0 Å². The number of primary amides is 1. The van der Waals surface area contributed by atoms with E-state index in [-0.39, 0.29) is 30.7 Å². The molecule has 2 fully saturated rings. The minimum absolute atomic E-state index is 0.0366. The summed E-state index contributed by atoms with van der Waals surface area (Å²) in [4.78, 5) is 64.3. The van der Waals surface area contributed by atoms with Crippen molar-refractivity contribution < 1.29 is 29.1 Å². The summed E-state index contributed by atoms with van der Waals surface area (Å²) in [6, 6.07) is 8.12. The number of thiophene rings is 1. The number of carboxylic acid groups (broad SMARTS) is 1. The largest absolute Gasteiger partial charge is 0.480 e. The maximum absolute atomic E-state index is 13.4. The highest BCUT2D eigenvalue weighted by Crippen LogP contribution is 2.50. The van der Waals surface area contributed by atoms with E-state index in [2.05, 4.69) is 16.0 Å². The minimum Gasteiger partial charge on any atom is -0.480 e. The Balaban J connectivity index is 1.50. The molecule has 1 aromatic carbocycles. The number of hydrogen-bond acceptors (Lipinski definition) is 7. The average molecular weight is 546 g/mol. The first-order valence-electron chi connectivity index (χ1n) is 11.5. The molecule has 5 amide bonds. The van der Waals surface area contributed by atoms with Crippen LogP contribution in [0.5, 0.6) is 0 Å². The zero-order chi connectivity index (χ0) is 26.7. The van der Waals surface area contributed by atoms with Crippen molar-refractivity contribution in [2.75, 3.05) is 6.54 Å². The highest BCUT2D eigenvalue weighted by molar-refractivity contribution is 8.01. The summed E-state index contributed by atoms with van der Waals surface area (Å²) in [5.74, 6) is -2.52. The number of nitrogens with one attached hydrogen (secondary N) is 3. The van der Waals surface area contributed by atoms with Gasteiger partial charge in [-0.05, 0) is 23.9 Å². The Morgan fingerprint density at radius 3 is 2.46 bits per heavy atom. The van der Waals surface area contributed by atoms with E-state index in [0.29, 0.717) is 5.56 Å². The highest BCUT2D eigenvalue weighted by Gasteiger charge is 2.60. The van der Waals surface area contributed by atoms with E-state index in [1.54, 1.807) is 37.3 Å². The molecule has 4 rings (SSSR count). The van der Waals surface area contributed by atoms with Crippen LogP contribution >= 0.6 is 23.1 Å². The van der Waals surface area contributed by atoms with E-state index in [9.17, 15) is 29.1 Å². The maximum atomic E-state index is 13.4. The predicted molar refractivity (Wildman–Crippen MR) is 138 cm³/mol. The molecule has 13 heteroatoms. The number of rotatable bonds is 10. The van der Waals surface area contributed by atoms with Gasteiger partial charge in [-0.2, -0.15) is 0 Å². The van der Waals surface area contributed by atoms with Crippen molar-refractivity contribution in [3.63, 3.8) is 0 Å². The van der Waals surface area contributed by atoms with Crippen molar-refractivity contribution in [3.8, 4) is 0 Å². The minimum atomic E-state index is -1.14. The summed E-state index contributed by atoms with van der Waals surface area (Å²) in [6.45, 7) is 1.66. The third-order valence-corrected chi connectivity index (χ3v) is 8.83. The Kier molecular flexibility index (Phi) is 7.73. The molecule has 0 saturated carbocycles. The number of aliphatic carboxylic acids is 1. The molecular formula is C24H27N5O6S2.